The van der Waals surface area contributed by atoms with Crippen LogP contribution in [0.25, 0.3) is 16.9 Å². The molecule has 0 bridgehead atoms. The topological polar surface area (TPSA) is 60.2 Å². The summed E-state index contributed by atoms with van der Waals surface area (Å²) in [6.45, 7) is 7.21. The van der Waals surface area contributed by atoms with Crippen LogP contribution in [-0.4, -0.2) is 45.4 Å². The highest BCUT2D eigenvalue weighted by Gasteiger charge is 2.19. The van der Waals surface area contributed by atoms with Gasteiger partial charge in [-0.15, -0.1) is 12.4 Å². The normalized spacial score (nSPS) is 16.1. The Morgan fingerprint density at radius 1 is 1.13 bits per heavy atom. The smallest absolute Gasteiger partial charge is 0.273 e. The Morgan fingerprint density at radius 2 is 1.94 bits per heavy atom. The molecule has 1 atom stereocenters. The minimum Gasteiger partial charge on any atom is -0.494 e. The Kier molecular flexibility index (Phi) is 7.82. The number of aromatic nitrogens is 3. The van der Waals surface area contributed by atoms with E-state index in [1.807, 2.05) is 43.3 Å². The summed E-state index contributed by atoms with van der Waals surface area (Å²) >= 11 is 0. The molecule has 0 saturated carbocycles. The molecule has 7 heteroatoms. The average Bonchev–Trinajstić information content (AvgIpc) is 3.16. The third-order valence-electron chi connectivity index (χ3n) is 5.63. The fourth-order valence-electron chi connectivity index (χ4n) is 3.91. The first-order valence-corrected chi connectivity index (χ1v) is 10.6. The number of aryl methyl sites for hydroxylation is 1. The van der Waals surface area contributed by atoms with Crippen LogP contribution in [0.15, 0.2) is 59.5 Å². The molecular weight excluding hydrogens is 412 g/mol. The van der Waals surface area contributed by atoms with E-state index in [0.29, 0.717) is 18.5 Å². The van der Waals surface area contributed by atoms with Gasteiger partial charge in [0.15, 0.2) is 5.82 Å². The van der Waals surface area contributed by atoms with E-state index < -0.39 is 0 Å². The fourth-order valence-corrected chi connectivity index (χ4v) is 3.91. The summed E-state index contributed by atoms with van der Waals surface area (Å²) in [6.07, 6.45) is 5.34. The van der Waals surface area contributed by atoms with Crippen molar-refractivity contribution in [3.63, 3.8) is 0 Å². The Morgan fingerprint density at radius 3 is 2.61 bits per heavy atom. The molecule has 0 aliphatic carbocycles. The molecule has 2 aromatic heterocycles. The van der Waals surface area contributed by atoms with Gasteiger partial charge in [0.25, 0.3) is 5.56 Å². The van der Waals surface area contributed by atoms with E-state index in [1.165, 1.54) is 24.1 Å². The number of pyridine rings is 1. The van der Waals surface area contributed by atoms with Crippen LogP contribution < -0.4 is 10.3 Å². The molecule has 1 saturated heterocycles. The molecule has 164 valence electrons. The summed E-state index contributed by atoms with van der Waals surface area (Å²) in [6, 6.07) is 15.6. The molecule has 1 aliphatic rings. The maximum atomic E-state index is 12.5. The minimum atomic E-state index is -0.206. The van der Waals surface area contributed by atoms with E-state index in [9.17, 15) is 4.79 Å². The highest BCUT2D eigenvalue weighted by molar-refractivity contribution is 5.85. The standard InChI is InChI=1S/C24H28N4O2.ClH/c1-18-6-3-8-23(26-18)28-24(29)16-21(17-25-28)20-9-11-22(12-10-20)30-15-5-14-27-13-4-7-19(27)2;/h3,6,8-12,16-17,19H,4-5,7,13-15H2,1-2H3;1H/t19-;/m1./s1. The summed E-state index contributed by atoms with van der Waals surface area (Å²) in [5.74, 6) is 1.37. The van der Waals surface area contributed by atoms with Gasteiger partial charge in [0, 0.05) is 29.9 Å². The van der Waals surface area contributed by atoms with Gasteiger partial charge in [0.2, 0.25) is 0 Å². The lowest BCUT2D eigenvalue weighted by atomic mass is 10.1. The van der Waals surface area contributed by atoms with Gasteiger partial charge in [-0.1, -0.05) is 18.2 Å². The highest BCUT2D eigenvalue weighted by atomic mass is 35.5. The van der Waals surface area contributed by atoms with Crippen LogP contribution in [0.4, 0.5) is 0 Å². The molecule has 0 amide bonds. The predicted octanol–water partition coefficient (Wildman–Crippen LogP) is 4.28. The number of nitrogens with zero attached hydrogens (tertiary/aromatic N) is 4. The van der Waals surface area contributed by atoms with Gasteiger partial charge in [-0.05, 0) is 69.5 Å². The molecule has 3 aromatic rings. The molecule has 6 nitrogen and oxygen atoms in total. The van der Waals surface area contributed by atoms with Crippen LogP contribution in [0.2, 0.25) is 0 Å². The van der Waals surface area contributed by atoms with Crippen LogP contribution in [0.3, 0.4) is 0 Å². The van der Waals surface area contributed by atoms with Crippen LogP contribution in [0, 0.1) is 6.92 Å². The van der Waals surface area contributed by atoms with Crippen LogP contribution in [-0.2, 0) is 0 Å². The van der Waals surface area contributed by atoms with E-state index in [2.05, 4.69) is 21.9 Å². The van der Waals surface area contributed by atoms with Crippen molar-refractivity contribution in [2.75, 3.05) is 19.7 Å². The molecule has 0 unspecified atom stereocenters. The van der Waals surface area contributed by atoms with Gasteiger partial charge in [-0.25, -0.2) is 4.98 Å². The lowest BCUT2D eigenvalue weighted by molar-refractivity contribution is 0.230. The second-order valence-electron chi connectivity index (χ2n) is 7.89. The molecule has 0 spiro atoms. The van der Waals surface area contributed by atoms with Gasteiger partial charge in [-0.3, -0.25) is 4.79 Å². The maximum absolute atomic E-state index is 12.5. The largest absolute Gasteiger partial charge is 0.494 e. The van der Waals surface area contributed by atoms with Gasteiger partial charge in [0.1, 0.15) is 5.75 Å². The first-order chi connectivity index (χ1) is 14.6. The maximum Gasteiger partial charge on any atom is 0.273 e. The van der Waals surface area contributed by atoms with Crippen LogP contribution >= 0.6 is 12.4 Å². The summed E-state index contributed by atoms with van der Waals surface area (Å²) in [5.41, 5.74) is 2.35. The zero-order valence-corrected chi connectivity index (χ0v) is 18.8. The SMILES string of the molecule is Cc1cccc(-n2ncc(-c3ccc(OCCCN4CCC[C@H]4C)cc3)cc2=O)n1.Cl. The summed E-state index contributed by atoms with van der Waals surface area (Å²) in [7, 11) is 0. The number of benzene rings is 1. The van der Waals surface area contributed by atoms with E-state index >= 15 is 0 Å². The van der Waals surface area contributed by atoms with Gasteiger partial charge < -0.3 is 9.64 Å². The zero-order valence-electron chi connectivity index (χ0n) is 18.0. The van der Waals surface area contributed by atoms with Crippen LogP contribution in [0.1, 0.15) is 31.9 Å². The van der Waals surface area contributed by atoms with E-state index in [4.69, 9.17) is 4.74 Å². The monoisotopic (exact) mass is 440 g/mol. The number of halogens is 1. The molecule has 0 radical (unpaired) electrons. The number of likely N-dealkylation sites (tertiary alicyclic amines) is 1. The summed E-state index contributed by atoms with van der Waals surface area (Å²) in [5, 5.41) is 4.30. The van der Waals surface area contributed by atoms with E-state index in [0.717, 1.165) is 35.5 Å². The third kappa shape index (κ3) is 5.71. The van der Waals surface area contributed by atoms with Crippen molar-refractivity contribution in [1.82, 2.24) is 19.7 Å². The van der Waals surface area contributed by atoms with Gasteiger partial charge in [0.05, 0.1) is 12.8 Å². The lowest BCUT2D eigenvalue weighted by Gasteiger charge is -2.20. The van der Waals surface area contributed by atoms with Gasteiger partial charge in [-0.2, -0.15) is 9.78 Å². The number of hydrogen-bond donors (Lipinski definition) is 0. The van der Waals surface area contributed by atoms with E-state index in [1.54, 1.807) is 18.3 Å². The van der Waals surface area contributed by atoms with Crippen molar-refractivity contribution in [2.24, 2.45) is 0 Å². The molecular formula is C24H29ClN4O2. The first kappa shape index (κ1) is 23.0. The van der Waals surface area contributed by atoms with Gasteiger partial charge >= 0.3 is 0 Å². The summed E-state index contributed by atoms with van der Waals surface area (Å²) in [4.78, 5) is 19.4. The Bertz CT molecular complexity index is 1050. The zero-order chi connectivity index (χ0) is 20.9. The predicted molar refractivity (Wildman–Crippen MR) is 125 cm³/mol. The van der Waals surface area contributed by atoms with Crippen molar-refractivity contribution in [3.8, 4) is 22.7 Å². The molecule has 31 heavy (non-hydrogen) atoms. The fraction of sp³-hybridized carbons (Fsp3) is 0.375. The number of hydrogen-bond acceptors (Lipinski definition) is 5. The second-order valence-corrected chi connectivity index (χ2v) is 7.89. The van der Waals surface area contributed by atoms with E-state index in [-0.39, 0.29) is 18.0 Å². The molecule has 1 fully saturated rings. The van der Waals surface area contributed by atoms with Crippen molar-refractivity contribution in [2.45, 2.75) is 39.2 Å². The third-order valence-corrected chi connectivity index (χ3v) is 5.63. The lowest BCUT2D eigenvalue weighted by Crippen LogP contribution is -2.28. The van der Waals surface area contributed by atoms with Crippen molar-refractivity contribution in [3.05, 3.63) is 70.8 Å². The Hall–Kier alpha value is -2.70. The Labute approximate surface area is 189 Å². The molecule has 4 rings (SSSR count). The molecule has 0 N–H and O–H groups in total. The molecule has 1 aliphatic heterocycles. The second kappa shape index (κ2) is 10.6. The van der Waals surface area contributed by atoms with Crippen molar-refractivity contribution in [1.29, 1.82) is 0 Å². The number of ether oxygens (including phenoxy) is 1. The minimum absolute atomic E-state index is 0. The Balaban J connectivity index is 0.00000272. The summed E-state index contributed by atoms with van der Waals surface area (Å²) < 4.78 is 7.20. The number of rotatable bonds is 7. The van der Waals surface area contributed by atoms with Crippen molar-refractivity contribution >= 4 is 12.4 Å². The molecule has 1 aromatic carbocycles. The first-order valence-electron chi connectivity index (χ1n) is 10.6. The molecule has 3 heterocycles. The highest BCUT2D eigenvalue weighted by Crippen LogP contribution is 2.21. The average molecular weight is 441 g/mol. The van der Waals surface area contributed by atoms with Crippen LogP contribution in [0.5, 0.6) is 5.75 Å². The quantitative estimate of drug-likeness (QED) is 0.513. The van der Waals surface area contributed by atoms with Crippen molar-refractivity contribution < 1.29 is 4.74 Å².